The van der Waals surface area contributed by atoms with Crippen LogP contribution in [0.3, 0.4) is 0 Å². The van der Waals surface area contributed by atoms with Crippen molar-refractivity contribution in [2.75, 3.05) is 13.2 Å². The first kappa shape index (κ1) is 13.8. The van der Waals surface area contributed by atoms with Gasteiger partial charge in [0.1, 0.15) is 5.75 Å². The van der Waals surface area contributed by atoms with Crippen molar-refractivity contribution in [3.8, 4) is 5.75 Å². The zero-order chi connectivity index (χ0) is 12.7. The maximum Gasteiger partial charge on any atom is 0.392 e. The minimum Gasteiger partial charge on any atom is -0.493 e. The predicted molar refractivity (Wildman–Crippen MR) is 60.0 cm³/mol. The van der Waals surface area contributed by atoms with E-state index in [2.05, 4.69) is 5.32 Å². The van der Waals surface area contributed by atoms with E-state index in [9.17, 15) is 13.2 Å². The summed E-state index contributed by atoms with van der Waals surface area (Å²) < 4.78 is 40.8. The van der Waals surface area contributed by atoms with Crippen molar-refractivity contribution in [1.29, 1.82) is 0 Å². The Morgan fingerprint density at radius 1 is 1.29 bits per heavy atom. The summed E-state index contributed by atoms with van der Waals surface area (Å²) in [6.45, 7) is 3.18. The number of nitrogens with one attached hydrogen (secondary N) is 1. The first-order valence-electron chi connectivity index (χ1n) is 5.50. The zero-order valence-electron chi connectivity index (χ0n) is 9.68. The highest BCUT2D eigenvalue weighted by Crippen LogP contribution is 2.20. The highest BCUT2D eigenvalue weighted by molar-refractivity contribution is 5.28. The Morgan fingerprint density at radius 2 is 2.06 bits per heavy atom. The third-order valence-electron chi connectivity index (χ3n) is 2.13. The second-order valence-electron chi connectivity index (χ2n) is 3.64. The van der Waals surface area contributed by atoms with Crippen LogP contribution < -0.4 is 10.1 Å². The molecule has 0 saturated heterocycles. The number of halogens is 3. The van der Waals surface area contributed by atoms with Crippen molar-refractivity contribution in [1.82, 2.24) is 5.32 Å². The van der Waals surface area contributed by atoms with Gasteiger partial charge in [0.15, 0.2) is 0 Å². The molecule has 0 aliphatic carbocycles. The van der Waals surface area contributed by atoms with Crippen molar-refractivity contribution in [2.24, 2.45) is 0 Å². The minimum absolute atomic E-state index is 0.339. The number of ether oxygens (including phenoxy) is 1. The van der Waals surface area contributed by atoms with Crippen LogP contribution in [0.4, 0.5) is 13.2 Å². The molecule has 0 aliphatic heterocycles. The predicted octanol–water partition coefficient (Wildman–Crippen LogP) is 3.13. The van der Waals surface area contributed by atoms with E-state index >= 15 is 0 Å². The molecule has 0 aromatic heterocycles. The highest BCUT2D eigenvalue weighted by Gasteiger charge is 2.26. The number of alkyl halides is 3. The van der Waals surface area contributed by atoms with Gasteiger partial charge in [0.25, 0.3) is 0 Å². The number of benzene rings is 1. The minimum atomic E-state index is -4.17. The normalized spacial score (nSPS) is 11.5. The lowest BCUT2D eigenvalue weighted by Gasteiger charge is -2.10. The van der Waals surface area contributed by atoms with Crippen molar-refractivity contribution in [2.45, 2.75) is 26.1 Å². The van der Waals surface area contributed by atoms with Gasteiger partial charge in [-0.1, -0.05) is 19.1 Å². The molecule has 0 heterocycles. The average molecular weight is 247 g/mol. The molecule has 2 nitrogen and oxygen atoms in total. The Bertz CT molecular complexity index is 339. The number of rotatable bonds is 6. The topological polar surface area (TPSA) is 21.3 Å². The summed E-state index contributed by atoms with van der Waals surface area (Å²) in [4.78, 5) is 0. The van der Waals surface area contributed by atoms with Crippen LogP contribution in [0.25, 0.3) is 0 Å². The summed E-state index contributed by atoms with van der Waals surface area (Å²) in [6, 6.07) is 7.08. The Balaban J connectivity index is 2.43. The van der Waals surface area contributed by atoms with Gasteiger partial charge < -0.3 is 10.1 Å². The summed E-state index contributed by atoms with van der Waals surface area (Å²) in [5.74, 6) is 0.477. The van der Waals surface area contributed by atoms with E-state index in [1.54, 1.807) is 18.2 Å². The average Bonchev–Trinajstić information content (AvgIpc) is 2.25. The van der Waals surface area contributed by atoms with Crippen LogP contribution in [0.5, 0.6) is 5.75 Å². The lowest BCUT2D eigenvalue weighted by Crippen LogP contribution is -2.13. The van der Waals surface area contributed by atoms with E-state index < -0.39 is 12.6 Å². The molecule has 5 heteroatoms. The van der Waals surface area contributed by atoms with E-state index in [0.29, 0.717) is 12.3 Å². The first-order chi connectivity index (χ1) is 8.01. The summed E-state index contributed by atoms with van der Waals surface area (Å²) in [5.41, 5.74) is 0.997. The molecule has 0 radical (unpaired) electrons. The van der Waals surface area contributed by atoms with E-state index in [1.165, 1.54) is 0 Å². The molecule has 0 fully saturated rings. The molecule has 0 atom stereocenters. The Hall–Kier alpha value is -1.23. The Labute approximate surface area is 98.8 Å². The molecule has 1 aromatic rings. The summed E-state index contributed by atoms with van der Waals surface area (Å²) >= 11 is 0. The molecule has 0 unspecified atom stereocenters. The maximum absolute atomic E-state index is 11.9. The molecule has 0 amide bonds. The van der Waals surface area contributed by atoms with E-state index in [-0.39, 0.29) is 6.61 Å². The van der Waals surface area contributed by atoms with Crippen molar-refractivity contribution >= 4 is 0 Å². The number of hydrogen-bond acceptors (Lipinski definition) is 2. The van der Waals surface area contributed by atoms with Crippen LogP contribution in [0.2, 0.25) is 0 Å². The highest BCUT2D eigenvalue weighted by atomic mass is 19.4. The quantitative estimate of drug-likeness (QED) is 0.833. The monoisotopic (exact) mass is 247 g/mol. The SMILES string of the molecule is CCNCc1cccc(OCCC(F)(F)F)c1. The molecule has 1 rings (SSSR count). The van der Waals surface area contributed by atoms with Crippen LogP contribution >= 0.6 is 0 Å². The molecular weight excluding hydrogens is 231 g/mol. The Morgan fingerprint density at radius 3 is 2.71 bits per heavy atom. The second-order valence-corrected chi connectivity index (χ2v) is 3.64. The largest absolute Gasteiger partial charge is 0.493 e. The maximum atomic E-state index is 11.9. The summed E-state index contributed by atoms with van der Waals surface area (Å²) in [7, 11) is 0. The number of hydrogen-bond donors (Lipinski definition) is 1. The third kappa shape index (κ3) is 6.16. The molecule has 96 valence electrons. The van der Waals surface area contributed by atoms with Crippen LogP contribution in [0.1, 0.15) is 18.9 Å². The van der Waals surface area contributed by atoms with Gasteiger partial charge in [-0.25, -0.2) is 0 Å². The van der Waals surface area contributed by atoms with Gasteiger partial charge in [-0.3, -0.25) is 0 Å². The van der Waals surface area contributed by atoms with Crippen LogP contribution in [-0.2, 0) is 6.54 Å². The van der Waals surface area contributed by atoms with Crippen LogP contribution in [0, 0.1) is 0 Å². The van der Waals surface area contributed by atoms with Gasteiger partial charge in [0.05, 0.1) is 13.0 Å². The molecule has 1 N–H and O–H groups in total. The van der Waals surface area contributed by atoms with Gasteiger partial charge in [0.2, 0.25) is 0 Å². The standard InChI is InChI=1S/C12H16F3NO/c1-2-16-9-10-4-3-5-11(8-10)17-7-6-12(13,14)15/h3-5,8,16H,2,6-7,9H2,1H3. The second kappa shape index (κ2) is 6.49. The molecule has 17 heavy (non-hydrogen) atoms. The van der Waals surface area contributed by atoms with Gasteiger partial charge in [-0.2, -0.15) is 13.2 Å². The fourth-order valence-corrected chi connectivity index (χ4v) is 1.30. The molecule has 0 spiro atoms. The zero-order valence-corrected chi connectivity index (χ0v) is 9.68. The van der Waals surface area contributed by atoms with Gasteiger partial charge in [-0.15, -0.1) is 0 Å². The molecule has 1 aromatic carbocycles. The van der Waals surface area contributed by atoms with Crippen LogP contribution in [-0.4, -0.2) is 19.3 Å². The smallest absolute Gasteiger partial charge is 0.392 e. The van der Waals surface area contributed by atoms with Crippen molar-refractivity contribution in [3.05, 3.63) is 29.8 Å². The molecule has 0 bridgehead atoms. The Kier molecular flexibility index (Phi) is 5.28. The summed E-state index contributed by atoms with van der Waals surface area (Å²) in [5, 5.41) is 3.14. The van der Waals surface area contributed by atoms with Gasteiger partial charge in [0, 0.05) is 6.54 Å². The fraction of sp³-hybridized carbons (Fsp3) is 0.500. The van der Waals surface area contributed by atoms with Crippen molar-refractivity contribution in [3.63, 3.8) is 0 Å². The van der Waals surface area contributed by atoms with Crippen molar-refractivity contribution < 1.29 is 17.9 Å². The lowest BCUT2D eigenvalue weighted by atomic mass is 10.2. The van der Waals surface area contributed by atoms with Crippen LogP contribution in [0.15, 0.2) is 24.3 Å². The van der Waals surface area contributed by atoms with Gasteiger partial charge >= 0.3 is 6.18 Å². The van der Waals surface area contributed by atoms with E-state index in [0.717, 1.165) is 12.1 Å². The van der Waals surface area contributed by atoms with Gasteiger partial charge in [-0.05, 0) is 24.2 Å². The lowest BCUT2D eigenvalue weighted by molar-refractivity contribution is -0.139. The first-order valence-corrected chi connectivity index (χ1v) is 5.50. The molecular formula is C12H16F3NO. The van der Waals surface area contributed by atoms with E-state index in [4.69, 9.17) is 4.74 Å². The fourth-order valence-electron chi connectivity index (χ4n) is 1.30. The third-order valence-corrected chi connectivity index (χ3v) is 2.13. The molecule has 0 aliphatic rings. The summed E-state index contributed by atoms with van der Waals surface area (Å²) in [6.07, 6.45) is -5.09. The van der Waals surface area contributed by atoms with E-state index in [1.807, 2.05) is 13.0 Å². The molecule has 0 saturated carbocycles.